The van der Waals surface area contributed by atoms with Crippen LogP contribution in [0.3, 0.4) is 0 Å². The highest BCUT2D eigenvalue weighted by atomic mass is 19.1. The van der Waals surface area contributed by atoms with Crippen molar-refractivity contribution in [3.63, 3.8) is 0 Å². The number of halogens is 1. The van der Waals surface area contributed by atoms with E-state index in [-0.39, 0.29) is 5.82 Å². The van der Waals surface area contributed by atoms with Crippen LogP contribution in [0.5, 0.6) is 0 Å². The van der Waals surface area contributed by atoms with Crippen LogP contribution in [0.15, 0.2) is 24.3 Å². The second-order valence-electron chi connectivity index (χ2n) is 9.41. The van der Waals surface area contributed by atoms with Crippen molar-refractivity contribution in [3.8, 4) is 0 Å². The minimum Gasteiger partial charge on any atom is -0.207 e. The molecular weight excluding hydrogens is 319 g/mol. The van der Waals surface area contributed by atoms with Crippen molar-refractivity contribution in [2.45, 2.75) is 96.8 Å². The molecule has 146 valence electrons. The molecule has 1 heteroatoms. The Kier molecular flexibility index (Phi) is 7.58. The Labute approximate surface area is 161 Å². The van der Waals surface area contributed by atoms with Crippen molar-refractivity contribution < 1.29 is 4.39 Å². The lowest BCUT2D eigenvalue weighted by Gasteiger charge is -2.36. The summed E-state index contributed by atoms with van der Waals surface area (Å²) < 4.78 is 13.5. The summed E-state index contributed by atoms with van der Waals surface area (Å²) in [6.07, 6.45) is 16.8. The van der Waals surface area contributed by atoms with Gasteiger partial charge in [-0.3, -0.25) is 0 Å². The van der Waals surface area contributed by atoms with Crippen LogP contribution in [-0.4, -0.2) is 0 Å². The van der Waals surface area contributed by atoms with Gasteiger partial charge in [0.1, 0.15) is 5.82 Å². The molecule has 1 aromatic carbocycles. The Balaban J connectivity index is 1.39. The predicted octanol–water partition coefficient (Wildman–Crippen LogP) is 8.12. The molecule has 1 aromatic rings. The van der Waals surface area contributed by atoms with Crippen molar-refractivity contribution in [1.29, 1.82) is 0 Å². The highest BCUT2D eigenvalue weighted by molar-refractivity contribution is 5.21. The Morgan fingerprint density at radius 2 is 1.65 bits per heavy atom. The van der Waals surface area contributed by atoms with Crippen molar-refractivity contribution in [2.24, 2.45) is 23.7 Å². The molecule has 2 saturated carbocycles. The quantitative estimate of drug-likeness (QED) is 0.461. The molecule has 3 rings (SSSR count). The van der Waals surface area contributed by atoms with E-state index in [1.165, 1.54) is 82.6 Å². The van der Waals surface area contributed by atoms with Crippen LogP contribution in [0.2, 0.25) is 0 Å². The lowest BCUT2D eigenvalue weighted by Crippen LogP contribution is -2.23. The molecule has 0 saturated heterocycles. The van der Waals surface area contributed by atoms with E-state index >= 15 is 0 Å². The number of rotatable bonds is 7. The van der Waals surface area contributed by atoms with Crippen LogP contribution >= 0.6 is 0 Å². The maximum absolute atomic E-state index is 13.5. The van der Waals surface area contributed by atoms with Crippen LogP contribution in [0, 0.1) is 29.5 Å². The first-order valence-corrected chi connectivity index (χ1v) is 11.4. The van der Waals surface area contributed by atoms with Gasteiger partial charge < -0.3 is 0 Å². The molecule has 0 aromatic heterocycles. The summed E-state index contributed by atoms with van der Waals surface area (Å²) in [6, 6.07) is 7.31. The van der Waals surface area contributed by atoms with E-state index < -0.39 is 0 Å². The van der Waals surface area contributed by atoms with Crippen molar-refractivity contribution in [2.75, 3.05) is 0 Å². The Bertz CT molecular complexity index is 521. The zero-order valence-corrected chi connectivity index (χ0v) is 17.1. The van der Waals surface area contributed by atoms with Gasteiger partial charge in [-0.25, -0.2) is 4.39 Å². The van der Waals surface area contributed by atoms with E-state index in [0.717, 1.165) is 23.7 Å². The monoisotopic (exact) mass is 358 g/mol. The average Bonchev–Trinajstić information content (AvgIpc) is 2.67. The zero-order valence-electron chi connectivity index (χ0n) is 17.1. The first kappa shape index (κ1) is 19.9. The second-order valence-corrected chi connectivity index (χ2v) is 9.41. The Hall–Kier alpha value is -0.850. The van der Waals surface area contributed by atoms with Gasteiger partial charge in [-0.2, -0.15) is 0 Å². The lowest BCUT2D eigenvalue weighted by molar-refractivity contribution is 0.169. The van der Waals surface area contributed by atoms with Crippen molar-refractivity contribution >= 4 is 0 Å². The molecule has 0 radical (unpaired) electrons. The maximum atomic E-state index is 13.5. The normalized spacial score (nSPS) is 30.9. The molecule has 26 heavy (non-hydrogen) atoms. The molecule has 2 aliphatic carbocycles. The first-order valence-electron chi connectivity index (χ1n) is 11.4. The molecule has 0 aliphatic heterocycles. The molecule has 1 unspecified atom stereocenters. The molecule has 0 bridgehead atoms. The first-order chi connectivity index (χ1) is 12.7. The van der Waals surface area contributed by atoms with E-state index in [2.05, 4.69) is 19.9 Å². The van der Waals surface area contributed by atoms with Gasteiger partial charge in [-0.1, -0.05) is 58.1 Å². The fraction of sp³-hybridized carbons (Fsp3) is 0.760. The van der Waals surface area contributed by atoms with Crippen LogP contribution < -0.4 is 0 Å². The SMILES string of the molecule is CCCCC1CCC(C(C)CC2CCC(c3cccc(F)c3)CC2)CC1. The second kappa shape index (κ2) is 9.90. The van der Waals surface area contributed by atoms with Gasteiger partial charge in [0.2, 0.25) is 0 Å². The van der Waals surface area contributed by atoms with Crippen LogP contribution in [0.1, 0.15) is 102 Å². The average molecular weight is 359 g/mol. The smallest absolute Gasteiger partial charge is 0.123 e. The third-order valence-corrected chi connectivity index (χ3v) is 7.53. The standard InChI is InChI=1S/C25H39F/c1-3-4-6-20-9-13-22(14-10-20)19(2)17-21-11-15-23(16-12-21)24-7-5-8-25(26)18-24/h5,7-8,18-23H,3-4,6,9-17H2,1-2H3. The number of hydrogen-bond acceptors (Lipinski definition) is 0. The van der Waals surface area contributed by atoms with Crippen LogP contribution in [0.25, 0.3) is 0 Å². The van der Waals surface area contributed by atoms with E-state index in [1.54, 1.807) is 12.1 Å². The third kappa shape index (κ3) is 5.57. The van der Waals surface area contributed by atoms with E-state index in [4.69, 9.17) is 0 Å². The van der Waals surface area contributed by atoms with E-state index in [0.29, 0.717) is 5.92 Å². The van der Waals surface area contributed by atoms with E-state index in [1.807, 2.05) is 6.07 Å². The summed E-state index contributed by atoms with van der Waals surface area (Å²) in [4.78, 5) is 0. The van der Waals surface area contributed by atoms with Gasteiger partial charge in [-0.05, 0) is 92.2 Å². The summed E-state index contributed by atoms with van der Waals surface area (Å²) in [6.45, 7) is 4.84. The van der Waals surface area contributed by atoms with Gasteiger partial charge >= 0.3 is 0 Å². The Morgan fingerprint density at radius 1 is 0.962 bits per heavy atom. The predicted molar refractivity (Wildman–Crippen MR) is 110 cm³/mol. The molecule has 0 nitrogen and oxygen atoms in total. The summed E-state index contributed by atoms with van der Waals surface area (Å²) in [5.41, 5.74) is 1.22. The molecule has 0 spiro atoms. The molecule has 2 fully saturated rings. The molecule has 0 N–H and O–H groups in total. The zero-order chi connectivity index (χ0) is 18.4. The fourth-order valence-electron chi connectivity index (χ4n) is 5.75. The molecule has 0 amide bonds. The fourth-order valence-corrected chi connectivity index (χ4v) is 5.75. The van der Waals surface area contributed by atoms with Crippen LogP contribution in [0.4, 0.5) is 4.39 Å². The highest BCUT2D eigenvalue weighted by Crippen LogP contribution is 2.42. The maximum Gasteiger partial charge on any atom is 0.123 e. The highest BCUT2D eigenvalue weighted by Gasteiger charge is 2.29. The van der Waals surface area contributed by atoms with Gasteiger partial charge in [0.05, 0.1) is 0 Å². The van der Waals surface area contributed by atoms with E-state index in [9.17, 15) is 4.39 Å². The largest absolute Gasteiger partial charge is 0.207 e. The third-order valence-electron chi connectivity index (χ3n) is 7.53. The summed E-state index contributed by atoms with van der Waals surface area (Å²) in [5, 5.41) is 0. The van der Waals surface area contributed by atoms with Crippen molar-refractivity contribution in [1.82, 2.24) is 0 Å². The van der Waals surface area contributed by atoms with Gasteiger partial charge in [0.25, 0.3) is 0 Å². The number of unbranched alkanes of at least 4 members (excludes halogenated alkanes) is 1. The molecular formula is C25H39F. The van der Waals surface area contributed by atoms with Gasteiger partial charge in [0.15, 0.2) is 0 Å². The minimum atomic E-state index is -0.0761. The molecule has 0 heterocycles. The summed E-state index contributed by atoms with van der Waals surface area (Å²) in [5.74, 6) is 4.33. The lowest BCUT2D eigenvalue weighted by atomic mass is 9.70. The number of hydrogen-bond donors (Lipinski definition) is 0. The van der Waals surface area contributed by atoms with Gasteiger partial charge in [-0.15, -0.1) is 0 Å². The minimum absolute atomic E-state index is 0.0761. The Morgan fingerprint density at radius 3 is 2.31 bits per heavy atom. The topological polar surface area (TPSA) is 0 Å². The molecule has 1 atom stereocenters. The van der Waals surface area contributed by atoms with Crippen molar-refractivity contribution in [3.05, 3.63) is 35.6 Å². The molecule has 2 aliphatic rings. The summed E-state index contributed by atoms with van der Waals surface area (Å²) in [7, 11) is 0. The summed E-state index contributed by atoms with van der Waals surface area (Å²) >= 11 is 0. The number of benzene rings is 1. The van der Waals surface area contributed by atoms with Gasteiger partial charge in [0, 0.05) is 0 Å². The van der Waals surface area contributed by atoms with Crippen LogP contribution in [-0.2, 0) is 0 Å².